The van der Waals surface area contributed by atoms with Crippen LogP contribution < -0.4 is 0 Å². The highest BCUT2D eigenvalue weighted by atomic mass is 16.3. The van der Waals surface area contributed by atoms with Gasteiger partial charge in [0.1, 0.15) is 11.6 Å². The van der Waals surface area contributed by atoms with Crippen LogP contribution in [0.4, 0.5) is 0 Å². The van der Waals surface area contributed by atoms with Crippen molar-refractivity contribution in [1.82, 2.24) is 9.97 Å². The Labute approximate surface area is 111 Å². The Morgan fingerprint density at radius 3 is 2.58 bits per heavy atom. The fourth-order valence-corrected chi connectivity index (χ4v) is 1.98. The maximum Gasteiger partial charge on any atom is 0.134 e. The molecule has 0 saturated heterocycles. The van der Waals surface area contributed by atoms with Crippen molar-refractivity contribution in [1.29, 1.82) is 0 Å². The molecule has 0 saturated carbocycles. The molecule has 94 valence electrons. The molecule has 1 heterocycles. The third kappa shape index (κ3) is 2.36. The van der Waals surface area contributed by atoms with Crippen molar-refractivity contribution in [2.45, 2.75) is 6.92 Å². The Bertz CT molecular complexity index is 706. The van der Waals surface area contributed by atoms with Crippen LogP contribution in [0.15, 0.2) is 48.5 Å². The fourth-order valence-electron chi connectivity index (χ4n) is 1.98. The molecule has 2 aromatic carbocycles. The van der Waals surface area contributed by atoms with Gasteiger partial charge in [0.15, 0.2) is 0 Å². The van der Waals surface area contributed by atoms with Gasteiger partial charge in [-0.15, -0.1) is 0 Å². The fraction of sp³-hybridized carbons (Fsp3) is 0.0625. The lowest BCUT2D eigenvalue weighted by molar-refractivity contribution is 0.515. The Kier molecular flexibility index (Phi) is 2.80. The molecule has 3 nitrogen and oxygen atoms in total. The van der Waals surface area contributed by atoms with Crippen molar-refractivity contribution < 1.29 is 5.11 Å². The Morgan fingerprint density at radius 1 is 1.11 bits per heavy atom. The minimum absolute atomic E-state index is 0.207. The topological polar surface area (TPSA) is 48.9 Å². The summed E-state index contributed by atoms with van der Waals surface area (Å²) in [6.07, 6.45) is 1.64. The molecule has 3 aromatic rings. The summed E-state index contributed by atoms with van der Waals surface area (Å²) in [6, 6.07) is 15.5. The van der Waals surface area contributed by atoms with E-state index in [1.807, 2.05) is 55.5 Å². The third-order valence-corrected chi connectivity index (χ3v) is 3.03. The Morgan fingerprint density at radius 2 is 1.84 bits per heavy atom. The number of rotatable bonds is 2. The second kappa shape index (κ2) is 4.61. The molecule has 3 rings (SSSR count). The Balaban J connectivity index is 1.97. The van der Waals surface area contributed by atoms with E-state index in [1.54, 1.807) is 6.08 Å². The second-order valence-corrected chi connectivity index (χ2v) is 4.53. The van der Waals surface area contributed by atoms with Crippen LogP contribution in [0.3, 0.4) is 0 Å². The molecule has 0 spiro atoms. The minimum Gasteiger partial charge on any atom is -0.507 e. The molecule has 0 unspecified atom stereocenters. The molecule has 0 fully saturated rings. The highest BCUT2D eigenvalue weighted by Crippen LogP contribution is 2.17. The average molecular weight is 250 g/mol. The number of nitrogens with one attached hydrogen (secondary N) is 1. The van der Waals surface area contributed by atoms with Gasteiger partial charge in [-0.2, -0.15) is 0 Å². The summed E-state index contributed by atoms with van der Waals surface area (Å²) in [5.41, 5.74) is 3.81. The smallest absolute Gasteiger partial charge is 0.134 e. The lowest BCUT2D eigenvalue weighted by Gasteiger charge is -1.99. The summed E-state index contributed by atoms with van der Waals surface area (Å²) in [7, 11) is 0. The highest BCUT2D eigenvalue weighted by molar-refractivity contribution is 5.80. The number of aliphatic hydroxyl groups is 1. The van der Waals surface area contributed by atoms with Gasteiger partial charge in [0, 0.05) is 11.6 Å². The van der Waals surface area contributed by atoms with E-state index in [0.717, 1.165) is 16.6 Å². The number of aliphatic hydroxyl groups excluding tert-OH is 1. The number of para-hydroxylation sites is 2. The van der Waals surface area contributed by atoms with Crippen LogP contribution in [0.25, 0.3) is 22.9 Å². The molecular formula is C16H14N2O. The average Bonchev–Trinajstić information content (AvgIpc) is 2.81. The molecule has 3 heteroatoms. The van der Waals surface area contributed by atoms with E-state index in [2.05, 4.69) is 9.97 Å². The predicted molar refractivity (Wildman–Crippen MR) is 77.8 cm³/mol. The number of fused-ring (bicyclic) bond motifs is 1. The van der Waals surface area contributed by atoms with Gasteiger partial charge in [-0.3, -0.25) is 0 Å². The summed E-state index contributed by atoms with van der Waals surface area (Å²) in [4.78, 5) is 7.56. The van der Waals surface area contributed by atoms with E-state index >= 15 is 0 Å². The highest BCUT2D eigenvalue weighted by Gasteiger charge is 2.03. The SMILES string of the molecule is Cc1ccc(C(O)=Cc2nc3ccccc3[nH]2)cc1. The molecule has 0 aliphatic heterocycles. The van der Waals surface area contributed by atoms with Crippen LogP contribution in [-0.2, 0) is 0 Å². The minimum atomic E-state index is 0.207. The molecule has 1 aromatic heterocycles. The quantitative estimate of drug-likeness (QED) is 0.677. The lowest BCUT2D eigenvalue weighted by Crippen LogP contribution is -1.84. The molecule has 0 aliphatic rings. The molecule has 19 heavy (non-hydrogen) atoms. The monoisotopic (exact) mass is 250 g/mol. The molecule has 0 amide bonds. The largest absolute Gasteiger partial charge is 0.507 e. The number of benzene rings is 2. The van der Waals surface area contributed by atoms with E-state index in [-0.39, 0.29) is 5.76 Å². The van der Waals surface area contributed by atoms with E-state index in [4.69, 9.17) is 0 Å². The molecular weight excluding hydrogens is 236 g/mol. The summed E-state index contributed by atoms with van der Waals surface area (Å²) in [6.45, 7) is 2.02. The van der Waals surface area contributed by atoms with Gasteiger partial charge in [0.25, 0.3) is 0 Å². The zero-order valence-electron chi connectivity index (χ0n) is 10.6. The van der Waals surface area contributed by atoms with Crippen molar-refractivity contribution >= 4 is 22.9 Å². The zero-order valence-corrected chi connectivity index (χ0v) is 10.6. The first kappa shape index (κ1) is 11.5. The number of imidazole rings is 1. The first-order chi connectivity index (χ1) is 9.22. The summed E-state index contributed by atoms with van der Waals surface area (Å²) >= 11 is 0. The number of H-pyrrole nitrogens is 1. The van der Waals surface area contributed by atoms with Gasteiger partial charge in [-0.05, 0) is 19.1 Å². The first-order valence-electron chi connectivity index (χ1n) is 6.15. The first-order valence-corrected chi connectivity index (χ1v) is 6.15. The number of hydrogen-bond acceptors (Lipinski definition) is 2. The maximum atomic E-state index is 10.1. The molecule has 0 bridgehead atoms. The Hall–Kier alpha value is -2.55. The maximum absolute atomic E-state index is 10.1. The van der Waals surface area contributed by atoms with Crippen molar-refractivity contribution in [3.63, 3.8) is 0 Å². The van der Waals surface area contributed by atoms with Crippen LogP contribution in [0.2, 0.25) is 0 Å². The lowest BCUT2D eigenvalue weighted by atomic mass is 10.1. The third-order valence-electron chi connectivity index (χ3n) is 3.03. The molecule has 0 atom stereocenters. The summed E-state index contributed by atoms with van der Waals surface area (Å²) in [5.74, 6) is 0.860. The second-order valence-electron chi connectivity index (χ2n) is 4.53. The van der Waals surface area contributed by atoms with E-state index < -0.39 is 0 Å². The number of aryl methyl sites for hydroxylation is 1. The van der Waals surface area contributed by atoms with Crippen LogP contribution in [0.1, 0.15) is 17.0 Å². The number of hydrogen-bond donors (Lipinski definition) is 2. The molecule has 0 aliphatic carbocycles. The standard InChI is InChI=1S/C16H14N2O/c1-11-6-8-12(9-7-11)15(19)10-16-17-13-4-2-3-5-14(13)18-16/h2-10,19H,1H3,(H,17,18). The zero-order chi connectivity index (χ0) is 13.2. The predicted octanol–water partition coefficient (Wildman–Crippen LogP) is 3.93. The van der Waals surface area contributed by atoms with Crippen LogP contribution >= 0.6 is 0 Å². The number of nitrogens with zero attached hydrogens (tertiary/aromatic N) is 1. The number of aromatic amines is 1. The van der Waals surface area contributed by atoms with Crippen LogP contribution in [-0.4, -0.2) is 15.1 Å². The van der Waals surface area contributed by atoms with Crippen molar-refractivity contribution in [3.05, 3.63) is 65.5 Å². The van der Waals surface area contributed by atoms with Crippen LogP contribution in [0, 0.1) is 6.92 Å². The van der Waals surface area contributed by atoms with Crippen molar-refractivity contribution in [2.75, 3.05) is 0 Å². The van der Waals surface area contributed by atoms with Gasteiger partial charge in [-0.25, -0.2) is 4.98 Å². The van der Waals surface area contributed by atoms with Crippen molar-refractivity contribution in [2.24, 2.45) is 0 Å². The molecule has 0 radical (unpaired) electrons. The van der Waals surface area contributed by atoms with Crippen molar-refractivity contribution in [3.8, 4) is 0 Å². The van der Waals surface area contributed by atoms with Gasteiger partial charge < -0.3 is 10.1 Å². The van der Waals surface area contributed by atoms with Gasteiger partial charge in [0.2, 0.25) is 0 Å². The van der Waals surface area contributed by atoms with E-state index in [9.17, 15) is 5.11 Å². The number of aromatic nitrogens is 2. The van der Waals surface area contributed by atoms with Gasteiger partial charge in [0.05, 0.1) is 11.0 Å². The van der Waals surface area contributed by atoms with Gasteiger partial charge in [-0.1, -0.05) is 42.0 Å². The van der Waals surface area contributed by atoms with Gasteiger partial charge >= 0.3 is 0 Å². The summed E-state index contributed by atoms with van der Waals surface area (Å²) < 4.78 is 0. The molecule has 2 N–H and O–H groups in total. The van der Waals surface area contributed by atoms with E-state index in [1.165, 1.54) is 5.56 Å². The summed E-state index contributed by atoms with van der Waals surface area (Å²) in [5, 5.41) is 10.1. The van der Waals surface area contributed by atoms with E-state index in [0.29, 0.717) is 5.82 Å². The normalized spacial score (nSPS) is 11.9. The van der Waals surface area contributed by atoms with Crippen LogP contribution in [0.5, 0.6) is 0 Å².